The van der Waals surface area contributed by atoms with Crippen LogP contribution in [0.5, 0.6) is 5.75 Å². The number of hydrogen-bond donors (Lipinski definition) is 2. The molecule has 110 valence electrons. The number of nitrogens with zero attached hydrogens (tertiary/aromatic N) is 1. The molecule has 8 heteroatoms. The second kappa shape index (κ2) is 5.70. The molecule has 5 nitrogen and oxygen atoms in total. The first-order valence-electron chi connectivity index (χ1n) is 5.72. The number of rotatable bonds is 3. The van der Waals surface area contributed by atoms with Crippen LogP contribution < -0.4 is 15.8 Å². The van der Waals surface area contributed by atoms with Gasteiger partial charge in [-0.3, -0.25) is 4.79 Å². The number of hydrogen-bond acceptors (Lipinski definition) is 4. The molecule has 0 bridgehead atoms. The maximum atomic E-state index is 12.1. The van der Waals surface area contributed by atoms with Gasteiger partial charge in [0.1, 0.15) is 11.4 Å². The third-order valence-electron chi connectivity index (χ3n) is 2.34. The van der Waals surface area contributed by atoms with Gasteiger partial charge < -0.3 is 15.8 Å². The predicted molar refractivity (Wildman–Crippen MR) is 69.7 cm³/mol. The van der Waals surface area contributed by atoms with Crippen LogP contribution in [0.4, 0.5) is 24.5 Å². The third kappa shape index (κ3) is 4.37. The average molecular weight is 297 g/mol. The summed E-state index contributed by atoms with van der Waals surface area (Å²) in [5.74, 6) is -0.996. The summed E-state index contributed by atoms with van der Waals surface area (Å²) in [5.41, 5.74) is 6.08. The minimum Gasteiger partial charge on any atom is -0.406 e. The second-order valence-corrected chi connectivity index (χ2v) is 4.01. The number of alkyl halides is 3. The Hall–Kier alpha value is -2.77. The Bertz CT molecular complexity index is 642. The molecule has 0 fully saturated rings. The van der Waals surface area contributed by atoms with Gasteiger partial charge in [0.05, 0.1) is 11.9 Å². The van der Waals surface area contributed by atoms with Gasteiger partial charge in [-0.1, -0.05) is 6.07 Å². The fourth-order valence-corrected chi connectivity index (χ4v) is 1.51. The molecular formula is C13H10F3N3O2. The van der Waals surface area contributed by atoms with Gasteiger partial charge in [0.15, 0.2) is 0 Å². The van der Waals surface area contributed by atoms with Crippen molar-refractivity contribution in [3.63, 3.8) is 0 Å². The van der Waals surface area contributed by atoms with Crippen molar-refractivity contribution in [2.75, 3.05) is 11.1 Å². The molecule has 0 spiro atoms. The van der Waals surface area contributed by atoms with E-state index in [0.717, 1.165) is 12.1 Å². The van der Waals surface area contributed by atoms with Gasteiger partial charge in [0, 0.05) is 11.8 Å². The van der Waals surface area contributed by atoms with Crippen molar-refractivity contribution in [3.05, 3.63) is 48.3 Å². The number of ether oxygens (including phenoxy) is 1. The summed E-state index contributed by atoms with van der Waals surface area (Å²) < 4.78 is 40.1. The molecule has 2 aromatic rings. The molecule has 1 amide bonds. The molecule has 0 saturated heterocycles. The Morgan fingerprint density at radius 2 is 2.00 bits per heavy atom. The second-order valence-electron chi connectivity index (χ2n) is 4.01. The first kappa shape index (κ1) is 14.6. The van der Waals surface area contributed by atoms with Gasteiger partial charge in [-0.05, 0) is 24.3 Å². The fourth-order valence-electron chi connectivity index (χ4n) is 1.51. The standard InChI is InChI=1S/C13H10F3N3O2/c14-13(15,16)21-10-3-1-2-9(6-10)19-12(20)11-5-4-8(17)7-18-11/h1-7H,17H2,(H,19,20). The maximum Gasteiger partial charge on any atom is 0.573 e. The largest absolute Gasteiger partial charge is 0.573 e. The van der Waals surface area contributed by atoms with E-state index in [0.29, 0.717) is 5.69 Å². The molecule has 3 N–H and O–H groups in total. The van der Waals surface area contributed by atoms with Crippen molar-refractivity contribution in [1.82, 2.24) is 4.98 Å². The number of carbonyl (C=O) groups excluding carboxylic acids is 1. The molecule has 21 heavy (non-hydrogen) atoms. The van der Waals surface area contributed by atoms with Crippen LogP contribution in [0, 0.1) is 0 Å². The maximum absolute atomic E-state index is 12.1. The number of carbonyl (C=O) groups is 1. The average Bonchev–Trinajstić information content (AvgIpc) is 2.37. The topological polar surface area (TPSA) is 77.2 Å². The molecule has 0 aliphatic heterocycles. The van der Waals surface area contributed by atoms with Crippen molar-refractivity contribution in [3.8, 4) is 5.75 Å². The van der Waals surface area contributed by atoms with Crippen LogP contribution in [0.3, 0.4) is 0 Å². The number of aromatic nitrogens is 1. The van der Waals surface area contributed by atoms with Gasteiger partial charge >= 0.3 is 6.36 Å². The van der Waals surface area contributed by atoms with E-state index < -0.39 is 18.0 Å². The lowest BCUT2D eigenvalue weighted by atomic mass is 10.2. The van der Waals surface area contributed by atoms with Crippen molar-refractivity contribution >= 4 is 17.3 Å². The van der Waals surface area contributed by atoms with Crippen molar-refractivity contribution < 1.29 is 22.7 Å². The van der Waals surface area contributed by atoms with Crippen LogP contribution in [0.15, 0.2) is 42.6 Å². The SMILES string of the molecule is Nc1ccc(C(=O)Nc2cccc(OC(F)(F)F)c2)nc1. The van der Waals surface area contributed by atoms with E-state index in [1.807, 2.05) is 0 Å². The van der Waals surface area contributed by atoms with Gasteiger partial charge in [0.2, 0.25) is 0 Å². The molecule has 0 saturated carbocycles. The van der Waals surface area contributed by atoms with Crippen molar-refractivity contribution in [1.29, 1.82) is 0 Å². The molecule has 0 atom stereocenters. The summed E-state index contributed by atoms with van der Waals surface area (Å²) >= 11 is 0. The van der Waals surface area contributed by atoms with E-state index in [2.05, 4.69) is 15.0 Å². The molecule has 0 aliphatic rings. The molecule has 0 radical (unpaired) electrons. The van der Waals surface area contributed by atoms with Crippen LogP contribution in [-0.4, -0.2) is 17.3 Å². The molecule has 2 rings (SSSR count). The smallest absolute Gasteiger partial charge is 0.406 e. The summed E-state index contributed by atoms with van der Waals surface area (Å²) in [4.78, 5) is 15.7. The minimum atomic E-state index is -4.79. The lowest BCUT2D eigenvalue weighted by Crippen LogP contribution is -2.17. The van der Waals surface area contributed by atoms with Crippen molar-refractivity contribution in [2.24, 2.45) is 0 Å². The Morgan fingerprint density at radius 3 is 2.62 bits per heavy atom. The lowest BCUT2D eigenvalue weighted by Gasteiger charge is -2.10. The zero-order valence-electron chi connectivity index (χ0n) is 10.5. The molecule has 1 aromatic carbocycles. The summed E-state index contributed by atoms with van der Waals surface area (Å²) in [7, 11) is 0. The number of benzene rings is 1. The van der Waals surface area contributed by atoms with E-state index in [4.69, 9.17) is 5.73 Å². The molecule has 0 aliphatic carbocycles. The summed E-state index contributed by atoms with van der Waals surface area (Å²) in [6.07, 6.45) is -3.49. The van der Waals surface area contributed by atoms with E-state index in [1.165, 1.54) is 30.5 Å². The molecule has 0 unspecified atom stereocenters. The highest BCUT2D eigenvalue weighted by molar-refractivity contribution is 6.03. The van der Waals surface area contributed by atoms with E-state index in [1.54, 1.807) is 0 Å². The van der Waals surface area contributed by atoms with E-state index in [9.17, 15) is 18.0 Å². The number of nitrogens with two attached hydrogens (primary N) is 1. The van der Waals surface area contributed by atoms with Crippen LogP contribution in [-0.2, 0) is 0 Å². The predicted octanol–water partition coefficient (Wildman–Crippen LogP) is 2.81. The zero-order valence-corrected chi connectivity index (χ0v) is 10.5. The monoisotopic (exact) mass is 297 g/mol. The first-order valence-corrected chi connectivity index (χ1v) is 5.72. The minimum absolute atomic E-state index is 0.0892. The number of pyridine rings is 1. The van der Waals surface area contributed by atoms with Gasteiger partial charge in [-0.15, -0.1) is 13.2 Å². The summed E-state index contributed by atoms with van der Waals surface area (Å²) in [6, 6.07) is 7.84. The van der Waals surface area contributed by atoms with E-state index >= 15 is 0 Å². The Balaban J connectivity index is 2.10. The van der Waals surface area contributed by atoms with Gasteiger partial charge in [-0.25, -0.2) is 4.98 Å². The lowest BCUT2D eigenvalue weighted by molar-refractivity contribution is -0.274. The highest BCUT2D eigenvalue weighted by Crippen LogP contribution is 2.25. The van der Waals surface area contributed by atoms with Crippen LogP contribution >= 0.6 is 0 Å². The third-order valence-corrected chi connectivity index (χ3v) is 2.34. The van der Waals surface area contributed by atoms with Crippen LogP contribution in [0.1, 0.15) is 10.5 Å². The van der Waals surface area contributed by atoms with Gasteiger partial charge in [-0.2, -0.15) is 0 Å². The Kier molecular flexibility index (Phi) is 3.97. The van der Waals surface area contributed by atoms with E-state index in [-0.39, 0.29) is 11.4 Å². The molecule has 1 aromatic heterocycles. The van der Waals surface area contributed by atoms with Gasteiger partial charge in [0.25, 0.3) is 5.91 Å². The Labute approximate surface area is 117 Å². The number of amides is 1. The number of halogens is 3. The molecular weight excluding hydrogens is 287 g/mol. The van der Waals surface area contributed by atoms with Crippen molar-refractivity contribution in [2.45, 2.75) is 6.36 Å². The Morgan fingerprint density at radius 1 is 1.24 bits per heavy atom. The fraction of sp³-hybridized carbons (Fsp3) is 0.0769. The summed E-state index contributed by atoms with van der Waals surface area (Å²) in [5, 5.41) is 2.41. The summed E-state index contributed by atoms with van der Waals surface area (Å²) in [6.45, 7) is 0. The highest BCUT2D eigenvalue weighted by Gasteiger charge is 2.31. The highest BCUT2D eigenvalue weighted by atomic mass is 19.4. The van der Waals surface area contributed by atoms with Crippen LogP contribution in [0.2, 0.25) is 0 Å². The number of nitrogens with one attached hydrogen (secondary N) is 1. The molecule has 1 heterocycles. The first-order chi connectivity index (χ1) is 9.83. The number of anilines is 2. The normalized spacial score (nSPS) is 11.0. The van der Waals surface area contributed by atoms with Crippen LogP contribution in [0.25, 0.3) is 0 Å². The quantitative estimate of drug-likeness (QED) is 0.913. The number of nitrogen functional groups attached to an aromatic ring is 1. The zero-order chi connectivity index (χ0) is 15.5.